The molecule has 3 atom stereocenters. The topological polar surface area (TPSA) is 55.1 Å². The number of carbonyl (C=O) groups is 1. The van der Waals surface area contributed by atoms with Gasteiger partial charge in [0.15, 0.2) is 0 Å². The molecule has 26 heavy (non-hydrogen) atoms. The van der Waals surface area contributed by atoms with Crippen LogP contribution in [0.3, 0.4) is 0 Å². The maximum atomic E-state index is 13.4. The van der Waals surface area contributed by atoms with Gasteiger partial charge >= 0.3 is 0 Å². The fourth-order valence-corrected chi connectivity index (χ4v) is 3.63. The number of hydrogen-bond acceptors (Lipinski definition) is 2. The van der Waals surface area contributed by atoms with Crippen LogP contribution in [-0.2, 0) is 4.79 Å². The fourth-order valence-electron chi connectivity index (χ4n) is 3.35. The minimum Gasteiger partial charge on any atom is -0.345 e. The van der Waals surface area contributed by atoms with E-state index in [9.17, 15) is 9.18 Å². The van der Waals surface area contributed by atoms with E-state index in [1.807, 2.05) is 31.2 Å². The zero-order valence-corrected chi connectivity index (χ0v) is 16.1. The minimum absolute atomic E-state index is 0. The number of rotatable bonds is 4. The summed E-state index contributed by atoms with van der Waals surface area (Å²) in [5.41, 5.74) is 8.65. The molecule has 0 radical (unpaired) electrons. The molecule has 0 bridgehead atoms. The van der Waals surface area contributed by atoms with Gasteiger partial charge < -0.3 is 11.1 Å². The van der Waals surface area contributed by atoms with Crippen LogP contribution >= 0.6 is 24.0 Å². The Balaban J connectivity index is 0.00000243. The monoisotopic (exact) mass is 396 g/mol. The number of amides is 1. The third-order valence-electron chi connectivity index (χ3n) is 4.81. The van der Waals surface area contributed by atoms with Crippen molar-refractivity contribution in [3.05, 3.63) is 70.0 Å². The Morgan fingerprint density at radius 3 is 2.50 bits per heavy atom. The van der Waals surface area contributed by atoms with Crippen LogP contribution in [0.15, 0.2) is 42.5 Å². The molecule has 1 aliphatic rings. The summed E-state index contributed by atoms with van der Waals surface area (Å²) >= 11 is 6.26. The van der Waals surface area contributed by atoms with Gasteiger partial charge in [-0.2, -0.15) is 0 Å². The van der Waals surface area contributed by atoms with Gasteiger partial charge in [0.1, 0.15) is 5.82 Å². The van der Waals surface area contributed by atoms with E-state index in [-0.39, 0.29) is 30.3 Å². The van der Waals surface area contributed by atoms with Crippen molar-refractivity contribution in [2.75, 3.05) is 0 Å². The van der Waals surface area contributed by atoms with Gasteiger partial charge in [-0.1, -0.05) is 47.5 Å². The lowest BCUT2D eigenvalue weighted by Gasteiger charge is -2.23. The van der Waals surface area contributed by atoms with Crippen molar-refractivity contribution in [1.29, 1.82) is 0 Å². The molecule has 3 nitrogen and oxygen atoms in total. The summed E-state index contributed by atoms with van der Waals surface area (Å²) in [6.07, 6.45) is 2.36. The molecule has 3 N–H and O–H groups in total. The Hall–Kier alpha value is -1.62. The normalized spacial score (nSPS) is 20.3. The van der Waals surface area contributed by atoms with E-state index in [0.29, 0.717) is 17.0 Å². The van der Waals surface area contributed by atoms with Gasteiger partial charge in [-0.15, -0.1) is 12.4 Å². The molecule has 0 heterocycles. The Morgan fingerprint density at radius 1 is 1.23 bits per heavy atom. The second kappa shape index (κ2) is 8.85. The molecule has 140 valence electrons. The van der Waals surface area contributed by atoms with Crippen molar-refractivity contribution < 1.29 is 9.18 Å². The molecular weight excluding hydrogens is 374 g/mol. The highest BCUT2D eigenvalue weighted by Gasteiger charge is 2.30. The minimum atomic E-state index is -0.418. The van der Waals surface area contributed by atoms with Crippen LogP contribution in [0, 0.1) is 18.7 Å². The smallest absolute Gasteiger partial charge is 0.223 e. The van der Waals surface area contributed by atoms with Crippen molar-refractivity contribution in [2.45, 2.75) is 38.3 Å². The van der Waals surface area contributed by atoms with Crippen molar-refractivity contribution >= 4 is 29.9 Å². The first-order valence-electron chi connectivity index (χ1n) is 8.51. The molecule has 0 saturated heterocycles. The van der Waals surface area contributed by atoms with Gasteiger partial charge in [0.05, 0.1) is 6.04 Å². The maximum Gasteiger partial charge on any atom is 0.223 e. The quantitative estimate of drug-likeness (QED) is 0.796. The number of carbonyl (C=O) groups excluding carboxylic acids is 1. The Labute approximate surface area is 164 Å². The van der Waals surface area contributed by atoms with Crippen molar-refractivity contribution in [2.24, 2.45) is 11.7 Å². The summed E-state index contributed by atoms with van der Waals surface area (Å²) in [6, 6.07) is 11.8. The molecule has 1 amide bonds. The molecule has 1 fully saturated rings. The molecule has 1 saturated carbocycles. The number of halogens is 3. The molecule has 6 heteroatoms. The van der Waals surface area contributed by atoms with Crippen LogP contribution in [0.25, 0.3) is 0 Å². The van der Waals surface area contributed by atoms with E-state index in [0.717, 1.165) is 24.0 Å². The number of benzene rings is 2. The van der Waals surface area contributed by atoms with Gasteiger partial charge in [-0.3, -0.25) is 4.79 Å². The summed E-state index contributed by atoms with van der Waals surface area (Å²) in [7, 11) is 0. The van der Waals surface area contributed by atoms with Crippen LogP contribution in [-0.4, -0.2) is 11.9 Å². The third-order valence-corrected chi connectivity index (χ3v) is 5.14. The van der Waals surface area contributed by atoms with Gasteiger partial charge in [-0.05, 0) is 49.4 Å². The average Bonchev–Trinajstić information content (AvgIpc) is 3.01. The molecule has 1 aliphatic carbocycles. The van der Waals surface area contributed by atoms with E-state index in [4.69, 9.17) is 17.3 Å². The highest BCUT2D eigenvalue weighted by Crippen LogP contribution is 2.31. The largest absolute Gasteiger partial charge is 0.345 e. The van der Waals surface area contributed by atoms with E-state index in [1.165, 1.54) is 12.1 Å². The molecule has 3 rings (SSSR count). The summed E-state index contributed by atoms with van der Waals surface area (Å²) in [5, 5.41) is 3.39. The van der Waals surface area contributed by atoms with Gasteiger partial charge in [0.25, 0.3) is 0 Å². The average molecular weight is 397 g/mol. The van der Waals surface area contributed by atoms with Crippen molar-refractivity contribution in [3.63, 3.8) is 0 Å². The fraction of sp³-hybridized carbons (Fsp3) is 0.350. The standard InChI is InChI=1S/C20H22ClFN2O.ClH/c1-12-2-4-13(5-3-12)19(17-9-7-15(22)11-18(17)21)24-20(25)14-6-8-16(23)10-14;/h2-5,7,9,11,14,16,19H,6,8,10,23H2,1H3,(H,24,25);1H. The van der Waals surface area contributed by atoms with Gasteiger partial charge in [0.2, 0.25) is 5.91 Å². The number of nitrogens with one attached hydrogen (secondary N) is 1. The van der Waals surface area contributed by atoms with E-state index in [2.05, 4.69) is 5.32 Å². The summed E-state index contributed by atoms with van der Waals surface area (Å²) in [4.78, 5) is 12.7. The SMILES string of the molecule is Cc1ccc(C(NC(=O)C2CCC(N)C2)c2ccc(F)cc2Cl)cc1.Cl. The van der Waals surface area contributed by atoms with Gasteiger partial charge in [0, 0.05) is 17.0 Å². The molecule has 3 unspecified atom stereocenters. The Kier molecular flexibility index (Phi) is 7.04. The number of aryl methyl sites for hydroxylation is 1. The molecule has 0 aliphatic heterocycles. The van der Waals surface area contributed by atoms with Crippen LogP contribution in [0.2, 0.25) is 5.02 Å². The predicted octanol–water partition coefficient (Wildman–Crippen LogP) is 4.54. The zero-order valence-electron chi connectivity index (χ0n) is 14.5. The number of nitrogens with two attached hydrogens (primary N) is 1. The van der Waals surface area contributed by atoms with Crippen LogP contribution in [0.4, 0.5) is 4.39 Å². The van der Waals surface area contributed by atoms with Crippen molar-refractivity contribution in [1.82, 2.24) is 5.32 Å². The number of hydrogen-bond donors (Lipinski definition) is 2. The van der Waals surface area contributed by atoms with Crippen LogP contribution < -0.4 is 11.1 Å². The predicted molar refractivity (Wildman–Crippen MR) is 105 cm³/mol. The lowest BCUT2D eigenvalue weighted by molar-refractivity contribution is -0.125. The first kappa shape index (κ1) is 20.7. The zero-order chi connectivity index (χ0) is 18.0. The molecular formula is C20H23Cl2FN2O. The summed E-state index contributed by atoms with van der Waals surface area (Å²) < 4.78 is 13.4. The molecule has 0 spiro atoms. The second-order valence-electron chi connectivity index (χ2n) is 6.79. The molecule has 0 aromatic heterocycles. The van der Waals surface area contributed by atoms with E-state index in [1.54, 1.807) is 6.07 Å². The first-order chi connectivity index (χ1) is 11.9. The van der Waals surface area contributed by atoms with Crippen LogP contribution in [0.5, 0.6) is 0 Å². The third kappa shape index (κ3) is 4.76. The van der Waals surface area contributed by atoms with E-state index >= 15 is 0 Å². The second-order valence-corrected chi connectivity index (χ2v) is 7.20. The highest BCUT2D eigenvalue weighted by atomic mass is 35.5. The highest BCUT2D eigenvalue weighted by molar-refractivity contribution is 6.31. The Bertz CT molecular complexity index is 767. The maximum absolute atomic E-state index is 13.4. The van der Waals surface area contributed by atoms with Gasteiger partial charge in [-0.25, -0.2) is 4.39 Å². The summed E-state index contributed by atoms with van der Waals surface area (Å²) in [5.74, 6) is -0.509. The lowest BCUT2D eigenvalue weighted by Crippen LogP contribution is -2.34. The van der Waals surface area contributed by atoms with E-state index < -0.39 is 11.9 Å². The molecule has 2 aromatic carbocycles. The lowest BCUT2D eigenvalue weighted by atomic mass is 9.96. The van der Waals surface area contributed by atoms with Crippen molar-refractivity contribution in [3.8, 4) is 0 Å². The van der Waals surface area contributed by atoms with Crippen LogP contribution in [0.1, 0.15) is 42.0 Å². The summed E-state index contributed by atoms with van der Waals surface area (Å²) in [6.45, 7) is 2.00. The first-order valence-corrected chi connectivity index (χ1v) is 8.89. The Morgan fingerprint density at radius 2 is 1.92 bits per heavy atom. The molecule has 2 aromatic rings.